The van der Waals surface area contributed by atoms with Gasteiger partial charge in [-0.2, -0.15) is 0 Å². The van der Waals surface area contributed by atoms with E-state index in [0.29, 0.717) is 0 Å². The van der Waals surface area contributed by atoms with Crippen molar-refractivity contribution in [3.63, 3.8) is 0 Å². The fourth-order valence-electron chi connectivity index (χ4n) is 13.9. The van der Waals surface area contributed by atoms with Gasteiger partial charge in [-0.25, -0.2) is 0 Å². The first-order chi connectivity index (χ1) is 47.0. The first-order valence-corrected chi connectivity index (χ1v) is 40.4. The molecule has 4 fully saturated rings. The number of rotatable bonds is 44. The maximum atomic E-state index is 5.97. The van der Waals surface area contributed by atoms with Gasteiger partial charge in [0.15, 0.2) is 0 Å². The normalized spacial score (nSPS) is 15.0. The zero-order valence-electron chi connectivity index (χ0n) is 62.3. The van der Waals surface area contributed by atoms with Crippen molar-refractivity contribution < 1.29 is 23.7 Å². The van der Waals surface area contributed by atoms with Gasteiger partial charge < -0.3 is 43.3 Å². The minimum absolute atomic E-state index is 0.861. The quantitative estimate of drug-likeness (QED) is 0.0403. The molecule has 4 saturated heterocycles. The van der Waals surface area contributed by atoms with Gasteiger partial charge in [0.2, 0.25) is 0 Å². The Kier molecular flexibility index (Phi) is 47.6. The molecule has 538 valence electrons. The zero-order valence-corrected chi connectivity index (χ0v) is 62.3. The molecule has 9 nitrogen and oxygen atoms in total. The molecule has 0 radical (unpaired) electrons. The molecule has 0 bridgehead atoms. The Morgan fingerprint density at radius 3 is 0.811 bits per heavy atom. The highest BCUT2D eigenvalue weighted by Crippen LogP contribution is 2.31. The molecule has 0 aromatic heterocycles. The van der Waals surface area contributed by atoms with Crippen LogP contribution in [0.1, 0.15) is 316 Å². The SMILES string of the molecule is CCCCCCCCCCCCCCOc1cccc(N2CCCC2)c1.CCCCCCCCCCCCOc1ccc(N2CCCCCC2)cc1.CCCCCCCCCCCCOc1ccc(N2CCCCCCC2)cc1.COc1cc(OC)cc(N2CCCCC2)c1. The zero-order chi connectivity index (χ0) is 67.0. The van der Waals surface area contributed by atoms with Gasteiger partial charge in [-0.1, -0.05) is 245 Å². The molecule has 4 aromatic rings. The van der Waals surface area contributed by atoms with Crippen LogP contribution >= 0.6 is 0 Å². The van der Waals surface area contributed by atoms with E-state index >= 15 is 0 Å². The maximum Gasteiger partial charge on any atom is 0.124 e. The summed E-state index contributed by atoms with van der Waals surface area (Å²) in [5, 5.41) is 0. The van der Waals surface area contributed by atoms with Crippen LogP contribution in [-0.2, 0) is 0 Å². The second-order valence-corrected chi connectivity index (χ2v) is 28.3. The van der Waals surface area contributed by atoms with E-state index in [4.69, 9.17) is 23.7 Å². The minimum Gasteiger partial charge on any atom is -0.497 e. The molecular formula is C86H144N4O5. The summed E-state index contributed by atoms with van der Waals surface area (Å²) in [7, 11) is 3.38. The monoisotopic (exact) mass is 1310 g/mol. The molecular weight excluding hydrogens is 1170 g/mol. The largest absolute Gasteiger partial charge is 0.497 e. The van der Waals surface area contributed by atoms with Crippen LogP contribution in [0.15, 0.2) is 91.0 Å². The standard InChI is InChI=1S/C25H43NO.2C24H41NO.C13H19NO2/c1-2-3-4-5-6-7-8-9-13-16-23-27-25-19-17-24(18-20-25)26-21-14-11-10-12-15-22-26;1-2-3-4-5-6-7-8-9-12-15-22-26-24-18-16-23(17-19-24)25-20-13-10-11-14-21-25;1-2-3-4-5-6-7-8-9-10-11-12-15-21-26-24-18-16-17-23(22-24)25-19-13-14-20-25;1-15-12-8-11(9-13(10-12)16-2)14-6-4-3-5-7-14/h17-20H,2-16,21-23H2,1H3;16-19H,2-15,20-22H2,1H3;16-18,22H,2-15,19-21H2,1H3;8-10H,3-7H2,1-2H3. The third kappa shape index (κ3) is 38.7. The van der Waals surface area contributed by atoms with Crippen LogP contribution in [0.2, 0.25) is 0 Å². The average Bonchev–Trinajstić information content (AvgIpc) is 1.41. The van der Waals surface area contributed by atoms with Crippen molar-refractivity contribution in [1.29, 1.82) is 0 Å². The van der Waals surface area contributed by atoms with Crippen molar-refractivity contribution in [3.05, 3.63) is 91.0 Å². The van der Waals surface area contributed by atoms with Crippen LogP contribution in [0.3, 0.4) is 0 Å². The topological polar surface area (TPSA) is 59.1 Å². The lowest BCUT2D eigenvalue weighted by Crippen LogP contribution is -2.29. The predicted octanol–water partition coefficient (Wildman–Crippen LogP) is 25.2. The molecule has 0 unspecified atom stereocenters. The van der Waals surface area contributed by atoms with Gasteiger partial charge in [0.1, 0.15) is 28.7 Å². The van der Waals surface area contributed by atoms with E-state index in [1.54, 1.807) is 14.2 Å². The molecule has 0 amide bonds. The van der Waals surface area contributed by atoms with Crippen LogP contribution in [0.5, 0.6) is 28.7 Å². The molecule has 0 atom stereocenters. The number of hydrogen-bond acceptors (Lipinski definition) is 9. The summed E-state index contributed by atoms with van der Waals surface area (Å²) in [6, 6.07) is 32.3. The van der Waals surface area contributed by atoms with Gasteiger partial charge in [0, 0.05) is 99.4 Å². The molecule has 95 heavy (non-hydrogen) atoms. The minimum atomic E-state index is 0.861. The fourth-order valence-corrected chi connectivity index (χ4v) is 13.9. The highest BCUT2D eigenvalue weighted by molar-refractivity contribution is 5.56. The van der Waals surface area contributed by atoms with Crippen molar-refractivity contribution in [2.75, 3.05) is 106 Å². The fraction of sp³-hybridized carbons (Fsp3) is 0.721. The van der Waals surface area contributed by atoms with Crippen molar-refractivity contribution >= 4 is 22.7 Å². The molecule has 4 aromatic carbocycles. The summed E-state index contributed by atoms with van der Waals surface area (Å²) in [6.45, 7) is 18.9. The van der Waals surface area contributed by atoms with Gasteiger partial charge in [-0.3, -0.25) is 0 Å². The van der Waals surface area contributed by atoms with E-state index in [9.17, 15) is 0 Å². The second kappa shape index (κ2) is 56.0. The van der Waals surface area contributed by atoms with Crippen LogP contribution < -0.4 is 43.3 Å². The number of piperidine rings is 1. The smallest absolute Gasteiger partial charge is 0.124 e. The van der Waals surface area contributed by atoms with E-state index < -0.39 is 0 Å². The van der Waals surface area contributed by atoms with Crippen LogP contribution in [0.25, 0.3) is 0 Å². The van der Waals surface area contributed by atoms with Crippen molar-refractivity contribution in [2.45, 2.75) is 316 Å². The molecule has 4 aliphatic heterocycles. The molecule has 0 spiro atoms. The number of methoxy groups -OCH3 is 2. The van der Waals surface area contributed by atoms with E-state index in [-0.39, 0.29) is 0 Å². The molecule has 0 saturated carbocycles. The Morgan fingerprint density at radius 1 is 0.232 bits per heavy atom. The molecule has 8 rings (SSSR count). The van der Waals surface area contributed by atoms with Crippen LogP contribution in [-0.4, -0.2) is 86.4 Å². The second-order valence-electron chi connectivity index (χ2n) is 28.3. The van der Waals surface area contributed by atoms with Crippen molar-refractivity contribution in [2.24, 2.45) is 0 Å². The van der Waals surface area contributed by atoms with Gasteiger partial charge in [-0.15, -0.1) is 0 Å². The Hall–Kier alpha value is -4.92. The molecule has 4 aliphatic rings. The first-order valence-electron chi connectivity index (χ1n) is 40.4. The van der Waals surface area contributed by atoms with Gasteiger partial charge in [0.05, 0.1) is 34.0 Å². The van der Waals surface area contributed by atoms with E-state index in [1.807, 2.05) is 6.07 Å². The van der Waals surface area contributed by atoms with Gasteiger partial charge in [-0.05, 0) is 138 Å². The number of ether oxygens (including phenoxy) is 5. The Morgan fingerprint density at radius 2 is 0.484 bits per heavy atom. The van der Waals surface area contributed by atoms with Crippen LogP contribution in [0, 0.1) is 0 Å². The third-order valence-electron chi connectivity index (χ3n) is 20.0. The third-order valence-corrected chi connectivity index (χ3v) is 20.0. The van der Waals surface area contributed by atoms with E-state index in [2.05, 4.69) is 125 Å². The lowest BCUT2D eigenvalue weighted by molar-refractivity contribution is 0.304. The number of unbranched alkanes of at least 4 members (excludes halogenated alkanes) is 29. The van der Waals surface area contributed by atoms with Crippen LogP contribution in [0.4, 0.5) is 22.7 Å². The summed E-state index contributed by atoms with van der Waals surface area (Å²) in [4.78, 5) is 9.94. The lowest BCUT2D eigenvalue weighted by Gasteiger charge is -2.29. The number of benzene rings is 4. The summed E-state index contributed by atoms with van der Waals surface area (Å²) < 4.78 is 28.4. The predicted molar refractivity (Wildman–Crippen MR) is 414 cm³/mol. The Balaban J connectivity index is 0.000000233. The average molecular weight is 1310 g/mol. The van der Waals surface area contributed by atoms with Crippen molar-refractivity contribution in [3.8, 4) is 28.7 Å². The maximum absolute atomic E-state index is 5.97. The van der Waals surface area contributed by atoms with Gasteiger partial charge in [0.25, 0.3) is 0 Å². The van der Waals surface area contributed by atoms with E-state index in [0.717, 1.165) is 61.7 Å². The van der Waals surface area contributed by atoms with Crippen molar-refractivity contribution in [1.82, 2.24) is 0 Å². The summed E-state index contributed by atoms with van der Waals surface area (Å²) >= 11 is 0. The molecule has 0 aliphatic carbocycles. The number of hydrogen-bond donors (Lipinski definition) is 0. The highest BCUT2D eigenvalue weighted by atomic mass is 16.5. The summed E-state index contributed by atoms with van der Waals surface area (Å²) in [6.07, 6.45) is 63.0. The summed E-state index contributed by atoms with van der Waals surface area (Å²) in [5.41, 5.74) is 5.26. The number of anilines is 4. The lowest BCUT2D eigenvalue weighted by atomic mass is 10.1. The Labute approximate surface area is 585 Å². The molecule has 4 heterocycles. The molecule has 9 heteroatoms. The highest BCUT2D eigenvalue weighted by Gasteiger charge is 2.16. The number of nitrogens with zero attached hydrogens (tertiary/aromatic N) is 4. The van der Waals surface area contributed by atoms with Gasteiger partial charge >= 0.3 is 0 Å². The first kappa shape index (κ1) is 80.8. The van der Waals surface area contributed by atoms with E-state index in [1.165, 1.54) is 357 Å². The Bertz CT molecular complexity index is 2310. The molecule has 0 N–H and O–H groups in total. The summed E-state index contributed by atoms with van der Waals surface area (Å²) in [5.74, 6) is 4.82.